The van der Waals surface area contributed by atoms with Crippen LogP contribution in [0.2, 0.25) is 5.02 Å². The molecule has 15 heavy (non-hydrogen) atoms. The molecule has 3 nitrogen and oxygen atoms in total. The zero-order valence-electron chi connectivity index (χ0n) is 7.30. The van der Waals surface area contributed by atoms with E-state index in [2.05, 4.69) is 43.7 Å². The van der Waals surface area contributed by atoms with Crippen molar-refractivity contribution in [1.82, 2.24) is 5.16 Å². The first-order chi connectivity index (χ1) is 7.09. The molecule has 1 aromatic carbocycles. The van der Waals surface area contributed by atoms with Gasteiger partial charge in [-0.2, -0.15) is 0 Å². The minimum absolute atomic E-state index is 0.206. The average molecular weight is 399 g/mol. The molecule has 0 unspecified atom stereocenters. The van der Waals surface area contributed by atoms with E-state index in [4.69, 9.17) is 21.9 Å². The van der Waals surface area contributed by atoms with Crippen molar-refractivity contribution in [2.45, 2.75) is 0 Å². The highest BCUT2D eigenvalue weighted by Gasteiger charge is 2.16. The van der Waals surface area contributed by atoms with E-state index in [0.717, 1.165) is 13.6 Å². The Hall–Kier alpha value is -0.270. The molecule has 0 aliphatic heterocycles. The van der Waals surface area contributed by atoms with Crippen LogP contribution in [0.5, 0.6) is 0 Å². The number of nitrogen functional groups attached to an aromatic ring is 1. The van der Waals surface area contributed by atoms with Gasteiger partial charge in [-0.15, -0.1) is 0 Å². The second-order valence-electron chi connectivity index (χ2n) is 2.84. The summed E-state index contributed by atoms with van der Waals surface area (Å²) in [4.78, 5) is 0. The second kappa shape index (κ2) is 4.31. The van der Waals surface area contributed by atoms with E-state index in [1.807, 2.05) is 18.2 Å². The Labute approximate surface area is 113 Å². The summed E-state index contributed by atoms with van der Waals surface area (Å²) in [5.74, 6) is 0.692. The summed E-state index contributed by atoms with van der Waals surface area (Å²) in [5.41, 5.74) is 6.36. The Morgan fingerprint density at radius 2 is 2.20 bits per heavy atom. The van der Waals surface area contributed by atoms with E-state index in [1.165, 1.54) is 0 Å². The molecule has 6 heteroatoms. The largest absolute Gasteiger partial charge is 0.380 e. The highest BCUT2D eigenvalue weighted by molar-refractivity contribution is 14.1. The van der Waals surface area contributed by atoms with Crippen molar-refractivity contribution in [3.8, 4) is 11.3 Å². The molecule has 0 bridgehead atoms. The predicted octanol–water partition coefficient (Wildman–Crippen LogP) is 3.94. The third-order valence-electron chi connectivity index (χ3n) is 1.83. The highest BCUT2D eigenvalue weighted by atomic mass is 127. The number of nitrogens with zero attached hydrogens (tertiary/aromatic N) is 1. The van der Waals surface area contributed by atoms with Crippen LogP contribution in [-0.2, 0) is 0 Å². The first-order valence-electron chi connectivity index (χ1n) is 3.95. The average Bonchev–Trinajstić information content (AvgIpc) is 2.52. The molecule has 2 N–H and O–H groups in total. The van der Waals surface area contributed by atoms with Gasteiger partial charge in [0.1, 0.15) is 5.02 Å². The van der Waals surface area contributed by atoms with E-state index in [1.54, 1.807) is 0 Å². The van der Waals surface area contributed by atoms with Crippen molar-refractivity contribution in [2.24, 2.45) is 0 Å². The lowest BCUT2D eigenvalue weighted by Gasteiger charge is -2.01. The predicted molar refractivity (Wildman–Crippen MR) is 71.8 cm³/mol. The fourth-order valence-electron chi connectivity index (χ4n) is 1.13. The number of hydrogen-bond donors (Lipinski definition) is 1. The van der Waals surface area contributed by atoms with Gasteiger partial charge in [0.2, 0.25) is 0 Å². The second-order valence-corrected chi connectivity index (χ2v) is 5.31. The molecule has 2 aromatic rings. The van der Waals surface area contributed by atoms with Crippen molar-refractivity contribution < 1.29 is 4.52 Å². The minimum atomic E-state index is 0.206. The number of rotatable bonds is 1. The van der Waals surface area contributed by atoms with Gasteiger partial charge in [-0.1, -0.05) is 32.7 Å². The molecule has 0 aliphatic carbocycles. The van der Waals surface area contributed by atoms with Crippen LogP contribution < -0.4 is 5.73 Å². The monoisotopic (exact) mass is 398 g/mol. The molecule has 0 radical (unpaired) electrons. The van der Waals surface area contributed by atoms with Crippen LogP contribution >= 0.6 is 50.1 Å². The molecule has 0 saturated heterocycles. The maximum Gasteiger partial charge on any atom is 0.188 e. The van der Waals surface area contributed by atoms with Gasteiger partial charge in [0.05, 0.1) is 0 Å². The number of aromatic nitrogens is 1. The van der Waals surface area contributed by atoms with Gasteiger partial charge in [-0.05, 0) is 40.8 Å². The van der Waals surface area contributed by atoms with Gasteiger partial charge in [-0.3, -0.25) is 0 Å². The Balaban J connectivity index is 2.63. The van der Waals surface area contributed by atoms with E-state index in [9.17, 15) is 0 Å². The van der Waals surface area contributed by atoms with Crippen molar-refractivity contribution >= 4 is 55.9 Å². The van der Waals surface area contributed by atoms with E-state index >= 15 is 0 Å². The van der Waals surface area contributed by atoms with Crippen LogP contribution in [0.4, 0.5) is 5.82 Å². The summed E-state index contributed by atoms with van der Waals surface area (Å²) in [5, 5.41) is 3.96. The zero-order valence-corrected chi connectivity index (χ0v) is 11.8. The molecule has 78 valence electrons. The summed E-state index contributed by atoms with van der Waals surface area (Å²) in [6.07, 6.45) is 0. The number of halogens is 3. The molecular formula is C9H5BrClIN2O. The maximum absolute atomic E-state index is 5.96. The van der Waals surface area contributed by atoms with Crippen molar-refractivity contribution in [1.29, 1.82) is 0 Å². The summed E-state index contributed by atoms with van der Waals surface area (Å²) in [7, 11) is 0. The van der Waals surface area contributed by atoms with Crippen molar-refractivity contribution in [2.75, 3.05) is 5.73 Å². The fraction of sp³-hybridized carbons (Fsp3) is 0. The first kappa shape index (κ1) is 11.2. The number of nitrogens with two attached hydrogens (primary N) is 1. The molecule has 0 atom stereocenters. The molecule has 2 rings (SSSR count). The molecule has 0 fully saturated rings. The molecule has 1 aromatic heterocycles. The molecule has 1 heterocycles. The number of benzene rings is 1. The standard InChI is InChI=1S/C9H5BrClIN2O/c10-6-2-1-4(12)3-5(6)8-7(11)9(13)14-15-8/h1-3H,(H2,13,14). The SMILES string of the molecule is Nc1noc(-c2cc(I)ccc2Br)c1Cl. The van der Waals surface area contributed by atoms with Gasteiger partial charge in [-0.25, -0.2) is 0 Å². The fourth-order valence-corrected chi connectivity index (χ4v) is 2.22. The minimum Gasteiger partial charge on any atom is -0.380 e. The van der Waals surface area contributed by atoms with E-state index < -0.39 is 0 Å². The van der Waals surface area contributed by atoms with Gasteiger partial charge >= 0.3 is 0 Å². The van der Waals surface area contributed by atoms with Crippen LogP contribution in [-0.4, -0.2) is 5.16 Å². The first-order valence-corrected chi connectivity index (χ1v) is 6.20. The lowest BCUT2D eigenvalue weighted by Crippen LogP contribution is -1.84. The Bertz CT molecular complexity index is 515. The summed E-state index contributed by atoms with van der Waals surface area (Å²) < 4.78 is 7.05. The van der Waals surface area contributed by atoms with Gasteiger partial charge in [0.15, 0.2) is 11.6 Å². The van der Waals surface area contributed by atoms with Crippen LogP contribution in [0.1, 0.15) is 0 Å². The Morgan fingerprint density at radius 3 is 2.80 bits per heavy atom. The summed E-state index contributed by atoms with van der Waals surface area (Å²) >= 11 is 11.6. The van der Waals surface area contributed by atoms with Gasteiger partial charge in [0.25, 0.3) is 0 Å². The van der Waals surface area contributed by atoms with Crippen LogP contribution in [0, 0.1) is 3.57 Å². The van der Waals surface area contributed by atoms with Crippen LogP contribution in [0.25, 0.3) is 11.3 Å². The van der Waals surface area contributed by atoms with Gasteiger partial charge in [0, 0.05) is 13.6 Å². The molecular weight excluding hydrogens is 394 g/mol. The molecule has 0 spiro atoms. The van der Waals surface area contributed by atoms with E-state index in [-0.39, 0.29) is 5.82 Å². The lowest BCUT2D eigenvalue weighted by molar-refractivity contribution is 0.435. The Kier molecular flexibility index (Phi) is 3.22. The smallest absolute Gasteiger partial charge is 0.188 e. The zero-order chi connectivity index (χ0) is 11.0. The lowest BCUT2D eigenvalue weighted by atomic mass is 10.2. The third kappa shape index (κ3) is 2.14. The van der Waals surface area contributed by atoms with E-state index in [0.29, 0.717) is 10.8 Å². The van der Waals surface area contributed by atoms with Gasteiger partial charge < -0.3 is 10.3 Å². The maximum atomic E-state index is 5.96. The Morgan fingerprint density at radius 1 is 1.47 bits per heavy atom. The number of anilines is 1. The third-order valence-corrected chi connectivity index (χ3v) is 3.56. The quantitative estimate of drug-likeness (QED) is 0.739. The molecule has 0 aliphatic rings. The van der Waals surface area contributed by atoms with Crippen molar-refractivity contribution in [3.63, 3.8) is 0 Å². The van der Waals surface area contributed by atoms with Crippen molar-refractivity contribution in [3.05, 3.63) is 31.3 Å². The molecule has 0 amide bonds. The van der Waals surface area contributed by atoms with Crippen LogP contribution in [0.15, 0.2) is 27.2 Å². The summed E-state index contributed by atoms with van der Waals surface area (Å²) in [6, 6.07) is 5.84. The van der Waals surface area contributed by atoms with Crippen LogP contribution in [0.3, 0.4) is 0 Å². The molecule has 0 saturated carbocycles. The highest BCUT2D eigenvalue weighted by Crippen LogP contribution is 2.36. The normalized spacial score (nSPS) is 10.6. The topological polar surface area (TPSA) is 52.0 Å². The number of hydrogen-bond acceptors (Lipinski definition) is 3. The summed E-state index contributed by atoms with van der Waals surface area (Å²) in [6.45, 7) is 0.